The van der Waals surface area contributed by atoms with Crippen molar-refractivity contribution in [2.24, 2.45) is 0 Å². The quantitative estimate of drug-likeness (QED) is 0.611. The lowest BCUT2D eigenvalue weighted by Crippen LogP contribution is -1.96. The number of carboxylic acid groups (broad SMARTS) is 1. The number of carbonyl (C=O) groups excluding carboxylic acids is 1. The van der Waals surface area contributed by atoms with Gasteiger partial charge in [-0.05, 0) is 0 Å². The normalized spacial score (nSPS) is 9.92. The number of carbonyl (C=O) groups is 2. The highest BCUT2D eigenvalue weighted by molar-refractivity contribution is 8.01. The number of aliphatic carboxylic acids is 1. The molecule has 4 nitrogen and oxygen atoms in total. The Balaban J connectivity index is 2.59. The molecule has 1 aromatic heterocycles. The molecular weight excluding hydrogens is 210 g/mol. The molecular formula is C7H7NO3S2. The van der Waals surface area contributed by atoms with Gasteiger partial charge in [0, 0.05) is 6.92 Å². The molecule has 1 N–H and O–H groups in total. The lowest BCUT2D eigenvalue weighted by Gasteiger charge is -1.89. The zero-order valence-corrected chi connectivity index (χ0v) is 8.44. The summed E-state index contributed by atoms with van der Waals surface area (Å²) in [6.07, 6.45) is 1.47. The van der Waals surface area contributed by atoms with Crippen LogP contribution in [-0.4, -0.2) is 27.6 Å². The molecule has 70 valence electrons. The van der Waals surface area contributed by atoms with Crippen molar-refractivity contribution < 1.29 is 14.7 Å². The van der Waals surface area contributed by atoms with Crippen LogP contribution in [0.5, 0.6) is 0 Å². The SMILES string of the molecule is CC(=O)c1cnc(SCC(=O)O)s1. The Bertz CT molecular complexity index is 334. The first kappa shape index (κ1) is 10.2. The van der Waals surface area contributed by atoms with Gasteiger partial charge >= 0.3 is 5.97 Å². The molecule has 0 radical (unpaired) electrons. The number of carboxylic acids is 1. The maximum absolute atomic E-state index is 10.8. The van der Waals surface area contributed by atoms with Crippen LogP contribution in [0.2, 0.25) is 0 Å². The summed E-state index contributed by atoms with van der Waals surface area (Å²) in [5, 5.41) is 8.38. The average molecular weight is 217 g/mol. The average Bonchev–Trinajstić information content (AvgIpc) is 2.48. The first-order valence-electron chi connectivity index (χ1n) is 3.41. The maximum atomic E-state index is 10.8. The molecule has 0 fully saturated rings. The fourth-order valence-corrected chi connectivity index (χ4v) is 2.21. The van der Waals surface area contributed by atoms with E-state index >= 15 is 0 Å². The molecule has 0 aliphatic rings. The summed E-state index contributed by atoms with van der Waals surface area (Å²) in [4.78, 5) is 25.5. The van der Waals surface area contributed by atoms with Crippen molar-refractivity contribution in [2.75, 3.05) is 5.75 Å². The standard InChI is InChI=1S/C7H7NO3S2/c1-4(9)5-2-8-7(13-5)12-3-6(10)11/h2H,3H2,1H3,(H,10,11). The molecule has 0 aliphatic carbocycles. The van der Waals surface area contributed by atoms with Gasteiger partial charge in [0.05, 0.1) is 16.8 Å². The van der Waals surface area contributed by atoms with Crippen molar-refractivity contribution in [2.45, 2.75) is 11.3 Å². The summed E-state index contributed by atoms with van der Waals surface area (Å²) < 4.78 is 0.618. The number of hydrogen-bond acceptors (Lipinski definition) is 5. The Hall–Kier alpha value is -0.880. The van der Waals surface area contributed by atoms with E-state index in [1.54, 1.807) is 0 Å². The highest BCUT2D eigenvalue weighted by Crippen LogP contribution is 2.23. The van der Waals surface area contributed by atoms with Crippen LogP contribution < -0.4 is 0 Å². The van der Waals surface area contributed by atoms with E-state index in [1.165, 1.54) is 24.5 Å². The highest BCUT2D eigenvalue weighted by atomic mass is 32.2. The van der Waals surface area contributed by atoms with E-state index in [9.17, 15) is 9.59 Å². The molecule has 0 bridgehead atoms. The molecule has 0 saturated heterocycles. The predicted octanol–water partition coefficient (Wildman–Crippen LogP) is 1.52. The van der Waals surface area contributed by atoms with Crippen LogP contribution in [0.1, 0.15) is 16.6 Å². The Morgan fingerprint density at radius 3 is 2.85 bits per heavy atom. The summed E-state index contributed by atoms with van der Waals surface area (Å²) in [7, 11) is 0. The van der Waals surface area contributed by atoms with Gasteiger partial charge < -0.3 is 5.11 Å². The molecule has 0 atom stereocenters. The van der Waals surface area contributed by atoms with Crippen LogP contribution in [0.3, 0.4) is 0 Å². The number of hydrogen-bond donors (Lipinski definition) is 1. The second kappa shape index (κ2) is 4.38. The zero-order chi connectivity index (χ0) is 9.84. The minimum absolute atomic E-state index is 0.0230. The topological polar surface area (TPSA) is 67.3 Å². The number of nitrogens with zero attached hydrogens (tertiary/aromatic N) is 1. The van der Waals surface area contributed by atoms with E-state index in [2.05, 4.69) is 4.98 Å². The van der Waals surface area contributed by atoms with Crippen LogP contribution in [0.4, 0.5) is 0 Å². The van der Waals surface area contributed by atoms with E-state index < -0.39 is 5.97 Å². The lowest BCUT2D eigenvalue weighted by molar-refractivity contribution is -0.133. The summed E-state index contributed by atoms with van der Waals surface area (Å²) in [5.74, 6) is -0.950. The Morgan fingerprint density at radius 2 is 2.38 bits per heavy atom. The van der Waals surface area contributed by atoms with Crippen molar-refractivity contribution >= 4 is 34.9 Å². The van der Waals surface area contributed by atoms with E-state index in [0.717, 1.165) is 11.8 Å². The van der Waals surface area contributed by atoms with Gasteiger partial charge in [-0.1, -0.05) is 11.8 Å². The molecule has 0 spiro atoms. The van der Waals surface area contributed by atoms with Crippen LogP contribution in [0, 0.1) is 0 Å². The molecule has 6 heteroatoms. The summed E-state index contributed by atoms with van der Waals surface area (Å²) in [5.41, 5.74) is 0. The van der Waals surface area contributed by atoms with Crippen molar-refractivity contribution in [3.05, 3.63) is 11.1 Å². The van der Waals surface area contributed by atoms with E-state index in [0.29, 0.717) is 9.22 Å². The van der Waals surface area contributed by atoms with Gasteiger partial charge in [0.15, 0.2) is 10.1 Å². The molecule has 0 aliphatic heterocycles. The van der Waals surface area contributed by atoms with Crippen LogP contribution in [0.15, 0.2) is 10.5 Å². The van der Waals surface area contributed by atoms with Gasteiger partial charge in [0.2, 0.25) is 0 Å². The van der Waals surface area contributed by atoms with E-state index in [-0.39, 0.29) is 11.5 Å². The number of Topliss-reactive ketones (excluding diaryl/α,β-unsaturated/α-hetero) is 1. The summed E-state index contributed by atoms with van der Waals surface area (Å²) in [6.45, 7) is 1.46. The van der Waals surface area contributed by atoms with Gasteiger partial charge in [-0.2, -0.15) is 0 Å². The Labute approximate surface area is 83.0 Å². The maximum Gasteiger partial charge on any atom is 0.313 e. The third-order valence-corrected chi connectivity index (χ3v) is 3.39. The molecule has 1 aromatic rings. The number of aromatic nitrogens is 1. The largest absolute Gasteiger partial charge is 0.481 e. The fourth-order valence-electron chi connectivity index (χ4n) is 0.611. The molecule has 0 amide bonds. The van der Waals surface area contributed by atoms with Crippen LogP contribution in [-0.2, 0) is 4.79 Å². The minimum Gasteiger partial charge on any atom is -0.481 e. The molecule has 0 unspecified atom stereocenters. The fraction of sp³-hybridized carbons (Fsp3) is 0.286. The first-order valence-corrected chi connectivity index (χ1v) is 5.21. The van der Waals surface area contributed by atoms with E-state index in [1.807, 2.05) is 0 Å². The number of rotatable bonds is 4. The van der Waals surface area contributed by atoms with Crippen molar-refractivity contribution in [1.82, 2.24) is 4.98 Å². The van der Waals surface area contributed by atoms with Gasteiger partial charge in [-0.3, -0.25) is 9.59 Å². The smallest absolute Gasteiger partial charge is 0.313 e. The third-order valence-electron chi connectivity index (χ3n) is 1.15. The zero-order valence-electron chi connectivity index (χ0n) is 6.81. The molecule has 1 rings (SSSR count). The van der Waals surface area contributed by atoms with Crippen molar-refractivity contribution in [3.8, 4) is 0 Å². The minimum atomic E-state index is -0.885. The van der Waals surface area contributed by atoms with Crippen LogP contribution in [0.25, 0.3) is 0 Å². The van der Waals surface area contributed by atoms with Crippen molar-refractivity contribution in [1.29, 1.82) is 0 Å². The monoisotopic (exact) mass is 217 g/mol. The third kappa shape index (κ3) is 3.16. The summed E-state index contributed by atoms with van der Waals surface area (Å²) in [6, 6.07) is 0. The van der Waals surface area contributed by atoms with Gasteiger partial charge in [-0.25, -0.2) is 4.98 Å². The second-order valence-corrected chi connectivity index (χ2v) is 4.48. The molecule has 0 aromatic carbocycles. The predicted molar refractivity (Wildman–Crippen MR) is 50.5 cm³/mol. The van der Waals surface area contributed by atoms with Crippen molar-refractivity contribution in [3.63, 3.8) is 0 Å². The molecule has 1 heterocycles. The Kier molecular flexibility index (Phi) is 3.44. The lowest BCUT2D eigenvalue weighted by atomic mass is 10.4. The molecule has 0 saturated carbocycles. The summed E-state index contributed by atoms with van der Waals surface area (Å²) >= 11 is 2.34. The highest BCUT2D eigenvalue weighted by Gasteiger charge is 2.07. The first-order chi connectivity index (χ1) is 6.09. The second-order valence-electron chi connectivity index (χ2n) is 2.23. The molecule has 13 heavy (non-hydrogen) atoms. The van der Waals surface area contributed by atoms with Gasteiger partial charge in [0.25, 0.3) is 0 Å². The van der Waals surface area contributed by atoms with Crippen LogP contribution >= 0.6 is 23.1 Å². The van der Waals surface area contributed by atoms with E-state index in [4.69, 9.17) is 5.11 Å². The number of ketones is 1. The number of thioether (sulfide) groups is 1. The van der Waals surface area contributed by atoms with Gasteiger partial charge in [-0.15, -0.1) is 11.3 Å². The Morgan fingerprint density at radius 1 is 1.69 bits per heavy atom. The number of thiazole rings is 1. The van der Waals surface area contributed by atoms with Gasteiger partial charge in [0.1, 0.15) is 0 Å².